The summed E-state index contributed by atoms with van der Waals surface area (Å²) >= 11 is 1.58. The van der Waals surface area contributed by atoms with E-state index in [1.165, 1.54) is 12.8 Å². The van der Waals surface area contributed by atoms with E-state index in [4.69, 9.17) is 4.74 Å². The predicted octanol–water partition coefficient (Wildman–Crippen LogP) is 2.59. The first kappa shape index (κ1) is 9.03. The van der Waals surface area contributed by atoms with Crippen LogP contribution in [0.5, 0.6) is 5.75 Å². The SMILES string of the molecule is COc1csc(C(O)CC2CC2)c1. The number of ether oxygens (including phenoxy) is 1. The van der Waals surface area contributed by atoms with Gasteiger partial charge in [-0.3, -0.25) is 0 Å². The van der Waals surface area contributed by atoms with Crippen molar-refractivity contribution in [2.45, 2.75) is 25.4 Å². The molecule has 1 aliphatic rings. The molecule has 1 aromatic heterocycles. The number of methoxy groups -OCH3 is 1. The molecule has 1 aromatic rings. The van der Waals surface area contributed by atoms with E-state index in [0.717, 1.165) is 23.0 Å². The first-order valence-corrected chi connectivity index (χ1v) is 5.48. The minimum Gasteiger partial charge on any atom is -0.496 e. The van der Waals surface area contributed by atoms with Crippen LogP contribution in [0.2, 0.25) is 0 Å². The molecule has 0 bridgehead atoms. The van der Waals surface area contributed by atoms with Crippen LogP contribution in [0, 0.1) is 5.92 Å². The molecule has 1 saturated carbocycles. The van der Waals surface area contributed by atoms with Crippen molar-refractivity contribution in [2.75, 3.05) is 7.11 Å². The van der Waals surface area contributed by atoms with Gasteiger partial charge in [0.25, 0.3) is 0 Å². The molecule has 1 atom stereocenters. The summed E-state index contributed by atoms with van der Waals surface area (Å²) in [5.41, 5.74) is 0. The predicted molar refractivity (Wildman–Crippen MR) is 53.2 cm³/mol. The summed E-state index contributed by atoms with van der Waals surface area (Å²) in [7, 11) is 1.65. The van der Waals surface area contributed by atoms with E-state index in [1.54, 1.807) is 18.4 Å². The van der Waals surface area contributed by atoms with Crippen LogP contribution in [0.15, 0.2) is 11.4 Å². The molecule has 2 nitrogen and oxygen atoms in total. The number of aliphatic hydroxyl groups excluding tert-OH is 1. The fourth-order valence-corrected chi connectivity index (χ4v) is 2.26. The van der Waals surface area contributed by atoms with E-state index < -0.39 is 0 Å². The van der Waals surface area contributed by atoms with Crippen molar-refractivity contribution >= 4 is 11.3 Å². The van der Waals surface area contributed by atoms with Gasteiger partial charge in [-0.15, -0.1) is 11.3 Å². The van der Waals surface area contributed by atoms with Crippen molar-refractivity contribution in [2.24, 2.45) is 5.92 Å². The fraction of sp³-hybridized carbons (Fsp3) is 0.600. The van der Waals surface area contributed by atoms with Crippen LogP contribution in [0.4, 0.5) is 0 Å². The molecule has 3 heteroatoms. The summed E-state index contributed by atoms with van der Waals surface area (Å²) in [5, 5.41) is 11.7. The van der Waals surface area contributed by atoms with E-state index in [2.05, 4.69) is 0 Å². The van der Waals surface area contributed by atoms with Crippen molar-refractivity contribution in [1.29, 1.82) is 0 Å². The van der Waals surface area contributed by atoms with Crippen LogP contribution in [0.25, 0.3) is 0 Å². The summed E-state index contributed by atoms with van der Waals surface area (Å²) in [4.78, 5) is 1.03. The number of hydrogen-bond acceptors (Lipinski definition) is 3. The molecular formula is C10H14O2S. The molecular weight excluding hydrogens is 184 g/mol. The second kappa shape index (κ2) is 3.68. The maximum absolute atomic E-state index is 9.79. The molecule has 1 heterocycles. The number of hydrogen-bond donors (Lipinski definition) is 1. The third-order valence-electron chi connectivity index (χ3n) is 2.41. The van der Waals surface area contributed by atoms with Gasteiger partial charge in [0.2, 0.25) is 0 Å². The zero-order valence-electron chi connectivity index (χ0n) is 7.69. The standard InChI is InChI=1S/C10H14O2S/c1-12-8-5-10(13-6-8)9(11)4-7-2-3-7/h5-7,9,11H,2-4H2,1H3. The number of thiophene rings is 1. The van der Waals surface area contributed by atoms with Gasteiger partial charge < -0.3 is 9.84 Å². The van der Waals surface area contributed by atoms with E-state index in [0.29, 0.717) is 0 Å². The minimum absolute atomic E-state index is 0.276. The van der Waals surface area contributed by atoms with E-state index >= 15 is 0 Å². The third kappa shape index (κ3) is 2.23. The Morgan fingerprint density at radius 3 is 3.00 bits per heavy atom. The van der Waals surface area contributed by atoms with Gasteiger partial charge in [0, 0.05) is 10.3 Å². The molecule has 0 saturated heterocycles. The molecule has 0 radical (unpaired) electrons. The Hall–Kier alpha value is -0.540. The molecule has 1 unspecified atom stereocenters. The highest BCUT2D eigenvalue weighted by Gasteiger charge is 2.25. The average Bonchev–Trinajstić information content (AvgIpc) is 2.82. The lowest BCUT2D eigenvalue weighted by Crippen LogP contribution is -1.95. The second-order valence-corrected chi connectivity index (χ2v) is 4.53. The van der Waals surface area contributed by atoms with Crippen LogP contribution in [-0.4, -0.2) is 12.2 Å². The molecule has 72 valence electrons. The highest BCUT2D eigenvalue weighted by Crippen LogP contribution is 2.39. The van der Waals surface area contributed by atoms with Crippen molar-refractivity contribution < 1.29 is 9.84 Å². The third-order valence-corrected chi connectivity index (χ3v) is 3.43. The molecule has 0 aliphatic heterocycles. The van der Waals surface area contributed by atoms with E-state index in [-0.39, 0.29) is 6.10 Å². The van der Waals surface area contributed by atoms with Gasteiger partial charge in [-0.05, 0) is 18.4 Å². The highest BCUT2D eigenvalue weighted by molar-refractivity contribution is 7.10. The van der Waals surface area contributed by atoms with Gasteiger partial charge in [0.15, 0.2) is 0 Å². The van der Waals surface area contributed by atoms with Crippen LogP contribution in [0.3, 0.4) is 0 Å². The zero-order valence-corrected chi connectivity index (χ0v) is 8.51. The van der Waals surface area contributed by atoms with Crippen molar-refractivity contribution in [1.82, 2.24) is 0 Å². The first-order chi connectivity index (χ1) is 6.29. The molecule has 13 heavy (non-hydrogen) atoms. The Morgan fingerprint density at radius 1 is 1.69 bits per heavy atom. The first-order valence-electron chi connectivity index (χ1n) is 4.60. The minimum atomic E-state index is -0.276. The lowest BCUT2D eigenvalue weighted by Gasteiger charge is -2.05. The lowest BCUT2D eigenvalue weighted by molar-refractivity contribution is 0.164. The highest BCUT2D eigenvalue weighted by atomic mass is 32.1. The van der Waals surface area contributed by atoms with Crippen molar-refractivity contribution in [3.8, 4) is 5.75 Å². The van der Waals surface area contributed by atoms with Gasteiger partial charge in [0.05, 0.1) is 13.2 Å². The van der Waals surface area contributed by atoms with Crippen LogP contribution in [0.1, 0.15) is 30.2 Å². The number of aliphatic hydroxyl groups is 1. The van der Waals surface area contributed by atoms with Gasteiger partial charge in [-0.25, -0.2) is 0 Å². The lowest BCUT2D eigenvalue weighted by atomic mass is 10.1. The summed E-state index contributed by atoms with van der Waals surface area (Å²) in [6, 6.07) is 1.93. The molecule has 0 spiro atoms. The maximum atomic E-state index is 9.79. The summed E-state index contributed by atoms with van der Waals surface area (Å²) in [5.74, 6) is 1.62. The van der Waals surface area contributed by atoms with E-state index in [1.807, 2.05) is 11.4 Å². The molecule has 1 aliphatic carbocycles. The average molecular weight is 198 g/mol. The fourth-order valence-electron chi connectivity index (χ4n) is 1.40. The van der Waals surface area contributed by atoms with Gasteiger partial charge in [-0.1, -0.05) is 12.8 Å². The summed E-state index contributed by atoms with van der Waals surface area (Å²) in [6.45, 7) is 0. The second-order valence-electron chi connectivity index (χ2n) is 3.58. The quantitative estimate of drug-likeness (QED) is 0.805. The maximum Gasteiger partial charge on any atom is 0.129 e. The van der Waals surface area contributed by atoms with Gasteiger partial charge in [0.1, 0.15) is 5.75 Å². The normalized spacial score (nSPS) is 18.6. The topological polar surface area (TPSA) is 29.5 Å². The molecule has 0 amide bonds. The Labute approximate surface area is 82.2 Å². The van der Waals surface area contributed by atoms with E-state index in [9.17, 15) is 5.11 Å². The van der Waals surface area contributed by atoms with Crippen LogP contribution < -0.4 is 4.74 Å². The van der Waals surface area contributed by atoms with Gasteiger partial charge in [-0.2, -0.15) is 0 Å². The van der Waals surface area contributed by atoms with Crippen molar-refractivity contribution in [3.05, 3.63) is 16.3 Å². The molecule has 0 aromatic carbocycles. The Kier molecular flexibility index (Phi) is 2.56. The largest absolute Gasteiger partial charge is 0.496 e. The Balaban J connectivity index is 1.96. The summed E-state index contributed by atoms with van der Waals surface area (Å²) in [6.07, 6.45) is 3.23. The smallest absolute Gasteiger partial charge is 0.129 e. The number of rotatable bonds is 4. The molecule has 1 fully saturated rings. The molecule has 2 rings (SSSR count). The zero-order chi connectivity index (χ0) is 9.26. The van der Waals surface area contributed by atoms with Gasteiger partial charge >= 0.3 is 0 Å². The summed E-state index contributed by atoms with van der Waals surface area (Å²) < 4.78 is 5.06. The van der Waals surface area contributed by atoms with Crippen LogP contribution in [-0.2, 0) is 0 Å². The van der Waals surface area contributed by atoms with Crippen LogP contribution >= 0.6 is 11.3 Å². The Bertz CT molecular complexity index is 278. The molecule has 1 N–H and O–H groups in total. The van der Waals surface area contributed by atoms with Crippen molar-refractivity contribution in [3.63, 3.8) is 0 Å². The monoisotopic (exact) mass is 198 g/mol. The Morgan fingerprint density at radius 2 is 2.46 bits per heavy atom.